The SMILES string of the molecule is CC1(c2ccccc2)CN(c2c(Cl)cccc2Cl)CCN1. The molecule has 1 unspecified atom stereocenters. The summed E-state index contributed by atoms with van der Waals surface area (Å²) in [5, 5.41) is 5.04. The number of piperazine rings is 1. The third-order valence-corrected chi connectivity index (χ3v) is 4.68. The number of hydrogen-bond acceptors (Lipinski definition) is 2. The van der Waals surface area contributed by atoms with E-state index in [1.54, 1.807) is 0 Å². The predicted octanol–water partition coefficient (Wildman–Crippen LogP) is 4.32. The molecule has 110 valence electrons. The first-order valence-electron chi connectivity index (χ1n) is 7.10. The van der Waals surface area contributed by atoms with Gasteiger partial charge in [0, 0.05) is 19.6 Å². The van der Waals surface area contributed by atoms with Crippen LogP contribution in [0.5, 0.6) is 0 Å². The van der Waals surface area contributed by atoms with E-state index in [4.69, 9.17) is 23.2 Å². The van der Waals surface area contributed by atoms with Crippen LogP contribution in [0.1, 0.15) is 12.5 Å². The maximum atomic E-state index is 6.36. The molecule has 1 aliphatic heterocycles. The van der Waals surface area contributed by atoms with Crippen molar-refractivity contribution in [2.45, 2.75) is 12.5 Å². The molecule has 3 rings (SSSR count). The lowest BCUT2D eigenvalue weighted by molar-refractivity contribution is 0.332. The van der Waals surface area contributed by atoms with Gasteiger partial charge in [0.1, 0.15) is 0 Å². The minimum atomic E-state index is -0.109. The molecule has 21 heavy (non-hydrogen) atoms. The number of nitrogens with one attached hydrogen (secondary N) is 1. The summed E-state index contributed by atoms with van der Waals surface area (Å²) in [5.74, 6) is 0. The van der Waals surface area contributed by atoms with E-state index >= 15 is 0 Å². The minimum Gasteiger partial charge on any atom is -0.366 e. The fourth-order valence-corrected chi connectivity index (χ4v) is 3.60. The van der Waals surface area contributed by atoms with Gasteiger partial charge in [-0.25, -0.2) is 0 Å². The first kappa shape index (κ1) is 14.7. The topological polar surface area (TPSA) is 15.3 Å². The molecule has 2 aromatic carbocycles. The lowest BCUT2D eigenvalue weighted by atomic mass is 9.89. The van der Waals surface area contributed by atoms with Crippen LogP contribution in [0, 0.1) is 0 Å². The summed E-state index contributed by atoms with van der Waals surface area (Å²) in [7, 11) is 0. The smallest absolute Gasteiger partial charge is 0.0746 e. The number of hydrogen-bond donors (Lipinski definition) is 1. The van der Waals surface area contributed by atoms with E-state index in [2.05, 4.69) is 41.4 Å². The minimum absolute atomic E-state index is 0.109. The summed E-state index contributed by atoms with van der Waals surface area (Å²) in [6.45, 7) is 4.85. The fourth-order valence-electron chi connectivity index (χ4n) is 2.96. The normalized spacial score (nSPS) is 22.3. The zero-order valence-electron chi connectivity index (χ0n) is 11.9. The van der Waals surface area contributed by atoms with Crippen molar-refractivity contribution in [2.24, 2.45) is 0 Å². The Labute approximate surface area is 135 Å². The van der Waals surface area contributed by atoms with Crippen LogP contribution in [0.2, 0.25) is 10.0 Å². The maximum absolute atomic E-state index is 6.36. The lowest BCUT2D eigenvalue weighted by Gasteiger charge is -2.43. The first-order valence-corrected chi connectivity index (χ1v) is 7.85. The van der Waals surface area contributed by atoms with Gasteiger partial charge >= 0.3 is 0 Å². The molecule has 0 saturated carbocycles. The van der Waals surface area contributed by atoms with E-state index in [1.807, 2.05) is 24.3 Å². The van der Waals surface area contributed by atoms with Crippen molar-refractivity contribution in [3.63, 3.8) is 0 Å². The van der Waals surface area contributed by atoms with Crippen molar-refractivity contribution in [3.05, 3.63) is 64.1 Å². The Balaban J connectivity index is 1.93. The zero-order valence-corrected chi connectivity index (χ0v) is 13.5. The molecule has 4 heteroatoms. The third kappa shape index (κ3) is 2.89. The second kappa shape index (κ2) is 5.88. The van der Waals surface area contributed by atoms with Gasteiger partial charge < -0.3 is 10.2 Å². The van der Waals surface area contributed by atoms with Crippen molar-refractivity contribution in [1.82, 2.24) is 5.32 Å². The Bertz CT molecular complexity index is 610. The third-order valence-electron chi connectivity index (χ3n) is 4.07. The van der Waals surface area contributed by atoms with E-state index in [-0.39, 0.29) is 5.54 Å². The molecule has 0 radical (unpaired) electrons. The van der Waals surface area contributed by atoms with E-state index in [0.717, 1.165) is 25.3 Å². The number of benzene rings is 2. The van der Waals surface area contributed by atoms with E-state index in [0.29, 0.717) is 10.0 Å². The predicted molar refractivity (Wildman–Crippen MR) is 90.5 cm³/mol. The van der Waals surface area contributed by atoms with Crippen molar-refractivity contribution in [1.29, 1.82) is 0 Å². The maximum Gasteiger partial charge on any atom is 0.0746 e. The van der Waals surface area contributed by atoms with E-state index < -0.39 is 0 Å². The number of nitrogens with zero attached hydrogens (tertiary/aromatic N) is 1. The molecule has 1 saturated heterocycles. The molecular weight excluding hydrogens is 303 g/mol. The van der Waals surface area contributed by atoms with Crippen LogP contribution in [0.15, 0.2) is 48.5 Å². The zero-order chi connectivity index (χ0) is 14.9. The number of para-hydroxylation sites is 1. The molecule has 1 atom stereocenters. The molecule has 0 spiro atoms. The molecule has 2 nitrogen and oxygen atoms in total. The van der Waals surface area contributed by atoms with Crippen molar-refractivity contribution < 1.29 is 0 Å². The monoisotopic (exact) mass is 320 g/mol. The number of halogens is 2. The van der Waals surface area contributed by atoms with Crippen molar-refractivity contribution >= 4 is 28.9 Å². The summed E-state index contributed by atoms with van der Waals surface area (Å²) < 4.78 is 0. The standard InChI is InChI=1S/C17H18Cl2N2/c1-17(13-6-3-2-4-7-13)12-21(11-10-20-17)16-14(18)8-5-9-15(16)19/h2-9,20H,10-12H2,1H3. The molecule has 2 aromatic rings. The molecule has 1 fully saturated rings. The summed E-state index contributed by atoms with van der Waals surface area (Å²) in [6.07, 6.45) is 0. The van der Waals surface area contributed by atoms with Crippen LogP contribution in [-0.2, 0) is 5.54 Å². The Morgan fingerprint density at radius 1 is 1.00 bits per heavy atom. The fraction of sp³-hybridized carbons (Fsp3) is 0.294. The van der Waals surface area contributed by atoms with Crippen LogP contribution < -0.4 is 10.2 Å². The largest absolute Gasteiger partial charge is 0.366 e. The highest BCUT2D eigenvalue weighted by molar-refractivity contribution is 6.39. The van der Waals surface area contributed by atoms with Crippen molar-refractivity contribution in [3.8, 4) is 0 Å². The second-order valence-electron chi connectivity index (χ2n) is 5.62. The average Bonchev–Trinajstić information content (AvgIpc) is 2.48. The summed E-state index contributed by atoms with van der Waals surface area (Å²) in [4.78, 5) is 2.27. The Morgan fingerprint density at radius 3 is 2.33 bits per heavy atom. The van der Waals surface area contributed by atoms with E-state index in [9.17, 15) is 0 Å². The number of anilines is 1. The second-order valence-corrected chi connectivity index (χ2v) is 6.43. The van der Waals surface area contributed by atoms with Gasteiger partial charge in [0.05, 0.1) is 21.3 Å². The molecule has 1 heterocycles. The highest BCUT2D eigenvalue weighted by Gasteiger charge is 2.33. The van der Waals surface area contributed by atoms with Crippen LogP contribution in [0.4, 0.5) is 5.69 Å². The summed E-state index contributed by atoms with van der Waals surface area (Å²) in [6, 6.07) is 16.2. The van der Waals surface area contributed by atoms with Gasteiger partial charge in [0.2, 0.25) is 0 Å². The van der Waals surface area contributed by atoms with Gasteiger partial charge in [0.15, 0.2) is 0 Å². The Hall–Kier alpha value is -1.22. The van der Waals surface area contributed by atoms with E-state index in [1.165, 1.54) is 5.56 Å². The van der Waals surface area contributed by atoms with Crippen LogP contribution in [-0.4, -0.2) is 19.6 Å². The molecule has 0 amide bonds. The quantitative estimate of drug-likeness (QED) is 0.886. The van der Waals surface area contributed by atoms with Crippen molar-refractivity contribution in [2.75, 3.05) is 24.5 Å². The molecule has 0 aromatic heterocycles. The van der Waals surface area contributed by atoms with Gasteiger partial charge in [-0.05, 0) is 24.6 Å². The van der Waals surface area contributed by atoms with Gasteiger partial charge in [-0.3, -0.25) is 0 Å². The molecule has 0 aliphatic carbocycles. The highest BCUT2D eigenvalue weighted by Crippen LogP contribution is 2.36. The van der Waals surface area contributed by atoms with Gasteiger partial charge in [0.25, 0.3) is 0 Å². The Morgan fingerprint density at radius 2 is 1.67 bits per heavy atom. The lowest BCUT2D eigenvalue weighted by Crippen LogP contribution is -2.57. The van der Waals surface area contributed by atoms with Gasteiger partial charge in [-0.2, -0.15) is 0 Å². The van der Waals surface area contributed by atoms with Crippen LogP contribution in [0.25, 0.3) is 0 Å². The number of rotatable bonds is 2. The molecule has 1 aliphatic rings. The summed E-state index contributed by atoms with van der Waals surface area (Å²) >= 11 is 12.7. The first-order chi connectivity index (χ1) is 10.1. The van der Waals surface area contributed by atoms with Gasteiger partial charge in [-0.15, -0.1) is 0 Å². The van der Waals surface area contributed by atoms with Gasteiger partial charge in [-0.1, -0.05) is 59.6 Å². The Kier molecular flexibility index (Phi) is 4.12. The van der Waals surface area contributed by atoms with Crippen LogP contribution in [0.3, 0.4) is 0 Å². The average molecular weight is 321 g/mol. The van der Waals surface area contributed by atoms with Crippen LogP contribution >= 0.6 is 23.2 Å². The molecular formula is C17H18Cl2N2. The highest BCUT2D eigenvalue weighted by atomic mass is 35.5. The summed E-state index contributed by atoms with van der Waals surface area (Å²) in [5.41, 5.74) is 2.10. The molecule has 1 N–H and O–H groups in total. The molecule has 0 bridgehead atoms.